The highest BCUT2D eigenvalue weighted by Gasteiger charge is 2.24. The molecule has 1 aromatic carbocycles. The summed E-state index contributed by atoms with van der Waals surface area (Å²) in [5.74, 6) is 1.01. The van der Waals surface area contributed by atoms with Gasteiger partial charge in [0.1, 0.15) is 17.4 Å². The van der Waals surface area contributed by atoms with E-state index in [1.54, 1.807) is 0 Å². The molecule has 0 atom stereocenters. The lowest BCUT2D eigenvalue weighted by Crippen LogP contribution is -2.18. The molecule has 126 valence electrons. The quantitative estimate of drug-likeness (QED) is 0.554. The summed E-state index contributed by atoms with van der Waals surface area (Å²) in [6, 6.07) is 1.74. The Bertz CT molecular complexity index is 581. The molecule has 0 N–H and O–H groups in total. The van der Waals surface area contributed by atoms with Gasteiger partial charge in [0.2, 0.25) is 0 Å². The molecule has 0 aromatic heterocycles. The molecule has 6 heteroatoms. The van der Waals surface area contributed by atoms with Crippen molar-refractivity contribution >= 4 is 0 Å². The molecule has 1 aliphatic carbocycles. The number of halogens is 5. The summed E-state index contributed by atoms with van der Waals surface area (Å²) >= 11 is 0. The lowest BCUT2D eigenvalue weighted by molar-refractivity contribution is -0.0696. The number of alkyl halides is 3. The molecular formula is C17H17F5O. The van der Waals surface area contributed by atoms with Gasteiger partial charge >= 0.3 is 6.18 Å². The minimum Gasteiger partial charge on any atom is -0.493 e. The fraction of sp³-hybridized carbons (Fsp3) is 0.529. The summed E-state index contributed by atoms with van der Waals surface area (Å²) in [5.41, 5.74) is -0.902. The number of benzene rings is 1. The number of hydrogen-bond acceptors (Lipinski definition) is 1. The summed E-state index contributed by atoms with van der Waals surface area (Å²) in [6.07, 6.45) is -0.597. The Hall–Kier alpha value is -1.77. The maximum absolute atomic E-state index is 13.7. The van der Waals surface area contributed by atoms with E-state index < -0.39 is 23.4 Å². The van der Waals surface area contributed by atoms with Gasteiger partial charge in [-0.2, -0.15) is 13.2 Å². The molecule has 0 radical (unpaired) electrons. The molecule has 0 aliphatic heterocycles. The van der Waals surface area contributed by atoms with Gasteiger partial charge in [-0.15, -0.1) is 0 Å². The standard InChI is InChI=1S/C17H17F5O/c1-11-2-4-12(5-3-11)10-23-13-8-15(18)14(16(19)9-13)6-7-17(20,21)22/h8-9,11-12H,2-5,10H2,1H3. The van der Waals surface area contributed by atoms with Crippen molar-refractivity contribution in [3.63, 3.8) is 0 Å². The predicted octanol–water partition coefficient (Wildman–Crippen LogP) is 5.08. The third-order valence-corrected chi connectivity index (χ3v) is 3.97. The summed E-state index contributed by atoms with van der Waals surface area (Å²) < 4.78 is 68.8. The first-order valence-electron chi connectivity index (χ1n) is 7.46. The van der Waals surface area contributed by atoms with Crippen LogP contribution in [0.2, 0.25) is 0 Å². The van der Waals surface area contributed by atoms with Crippen molar-refractivity contribution in [1.82, 2.24) is 0 Å². The number of rotatable bonds is 3. The zero-order valence-corrected chi connectivity index (χ0v) is 12.6. The molecular weight excluding hydrogens is 315 g/mol. The van der Waals surface area contributed by atoms with Crippen LogP contribution in [0.4, 0.5) is 22.0 Å². The SMILES string of the molecule is CC1CCC(COc2cc(F)c(C#CC(F)(F)F)c(F)c2)CC1. The number of hydrogen-bond donors (Lipinski definition) is 0. The minimum absolute atomic E-state index is 0.0313. The Labute approximate surface area is 131 Å². The highest BCUT2D eigenvalue weighted by Crippen LogP contribution is 2.29. The Morgan fingerprint density at radius 2 is 1.65 bits per heavy atom. The zero-order valence-electron chi connectivity index (χ0n) is 12.6. The summed E-state index contributed by atoms with van der Waals surface area (Å²) in [4.78, 5) is 0. The Kier molecular flexibility index (Phi) is 5.51. The highest BCUT2D eigenvalue weighted by molar-refractivity contribution is 5.41. The molecule has 0 bridgehead atoms. The minimum atomic E-state index is -4.80. The van der Waals surface area contributed by atoms with Crippen LogP contribution in [0.15, 0.2) is 12.1 Å². The fourth-order valence-electron chi connectivity index (χ4n) is 2.60. The molecule has 1 fully saturated rings. The van der Waals surface area contributed by atoms with Gasteiger partial charge in [0.05, 0.1) is 12.2 Å². The van der Waals surface area contributed by atoms with Crippen LogP contribution in [0.25, 0.3) is 0 Å². The van der Waals surface area contributed by atoms with E-state index in [0.717, 1.165) is 43.7 Å². The summed E-state index contributed by atoms with van der Waals surface area (Å²) in [6.45, 7) is 2.53. The lowest BCUT2D eigenvalue weighted by atomic mass is 9.83. The van der Waals surface area contributed by atoms with Crippen LogP contribution in [0.5, 0.6) is 5.75 Å². The average Bonchev–Trinajstić information content (AvgIpc) is 2.44. The molecule has 0 heterocycles. The van der Waals surface area contributed by atoms with E-state index in [1.807, 2.05) is 0 Å². The first kappa shape index (κ1) is 17.6. The molecule has 1 saturated carbocycles. The van der Waals surface area contributed by atoms with Crippen molar-refractivity contribution in [3.05, 3.63) is 29.3 Å². The first-order chi connectivity index (χ1) is 10.7. The van der Waals surface area contributed by atoms with E-state index in [-0.39, 0.29) is 5.75 Å². The highest BCUT2D eigenvalue weighted by atomic mass is 19.4. The Morgan fingerprint density at radius 3 is 2.17 bits per heavy atom. The van der Waals surface area contributed by atoms with Crippen LogP contribution in [0.1, 0.15) is 38.2 Å². The van der Waals surface area contributed by atoms with Crippen molar-refractivity contribution < 1.29 is 26.7 Å². The predicted molar refractivity (Wildman–Crippen MR) is 75.9 cm³/mol. The zero-order chi connectivity index (χ0) is 17.0. The van der Waals surface area contributed by atoms with Crippen molar-refractivity contribution in [2.24, 2.45) is 11.8 Å². The fourth-order valence-corrected chi connectivity index (χ4v) is 2.60. The van der Waals surface area contributed by atoms with Crippen molar-refractivity contribution in [3.8, 4) is 17.6 Å². The van der Waals surface area contributed by atoms with Crippen LogP contribution < -0.4 is 4.74 Å². The van der Waals surface area contributed by atoms with Crippen LogP contribution in [0, 0.1) is 35.3 Å². The molecule has 2 rings (SSSR count). The summed E-state index contributed by atoms with van der Waals surface area (Å²) in [7, 11) is 0. The van der Waals surface area contributed by atoms with Crippen molar-refractivity contribution in [2.45, 2.75) is 38.8 Å². The molecule has 0 spiro atoms. The second-order valence-electron chi connectivity index (χ2n) is 5.95. The third-order valence-electron chi connectivity index (χ3n) is 3.97. The van der Waals surface area contributed by atoms with E-state index in [1.165, 1.54) is 5.92 Å². The van der Waals surface area contributed by atoms with Gasteiger partial charge in [-0.05, 0) is 24.7 Å². The van der Waals surface area contributed by atoms with Crippen molar-refractivity contribution in [2.75, 3.05) is 6.61 Å². The van der Waals surface area contributed by atoms with Gasteiger partial charge in [-0.1, -0.05) is 25.7 Å². The monoisotopic (exact) mass is 332 g/mol. The van der Waals surface area contributed by atoms with Crippen LogP contribution in [0.3, 0.4) is 0 Å². The number of ether oxygens (including phenoxy) is 1. The van der Waals surface area contributed by atoms with Gasteiger partial charge in [0.15, 0.2) is 0 Å². The van der Waals surface area contributed by atoms with Crippen molar-refractivity contribution in [1.29, 1.82) is 0 Å². The lowest BCUT2D eigenvalue weighted by Gasteiger charge is -2.26. The van der Waals surface area contributed by atoms with E-state index in [4.69, 9.17) is 4.74 Å². The van der Waals surface area contributed by atoms with Gasteiger partial charge in [0, 0.05) is 18.1 Å². The normalized spacial score (nSPS) is 21.5. The van der Waals surface area contributed by atoms with E-state index >= 15 is 0 Å². The van der Waals surface area contributed by atoms with Crippen LogP contribution in [-0.2, 0) is 0 Å². The van der Waals surface area contributed by atoms with Crippen LogP contribution in [-0.4, -0.2) is 12.8 Å². The molecule has 1 aliphatic rings. The maximum Gasteiger partial charge on any atom is 0.458 e. The van der Waals surface area contributed by atoms with Crippen LogP contribution >= 0.6 is 0 Å². The smallest absolute Gasteiger partial charge is 0.458 e. The molecule has 1 nitrogen and oxygen atoms in total. The Balaban J connectivity index is 2.03. The molecule has 0 unspecified atom stereocenters. The topological polar surface area (TPSA) is 9.23 Å². The second-order valence-corrected chi connectivity index (χ2v) is 5.95. The molecule has 23 heavy (non-hydrogen) atoms. The van der Waals surface area contributed by atoms with E-state index in [0.29, 0.717) is 18.4 Å². The molecule has 0 saturated heterocycles. The van der Waals surface area contributed by atoms with Gasteiger partial charge in [0.25, 0.3) is 0 Å². The van der Waals surface area contributed by atoms with Gasteiger partial charge < -0.3 is 4.74 Å². The maximum atomic E-state index is 13.7. The van der Waals surface area contributed by atoms with E-state index in [2.05, 4.69) is 6.92 Å². The van der Waals surface area contributed by atoms with E-state index in [9.17, 15) is 22.0 Å². The largest absolute Gasteiger partial charge is 0.493 e. The Morgan fingerprint density at radius 1 is 1.09 bits per heavy atom. The summed E-state index contributed by atoms with van der Waals surface area (Å²) in [5, 5.41) is 0. The second kappa shape index (κ2) is 7.20. The molecule has 0 amide bonds. The van der Waals surface area contributed by atoms with Gasteiger partial charge in [-0.3, -0.25) is 0 Å². The third kappa shape index (κ3) is 5.42. The molecule has 1 aromatic rings. The van der Waals surface area contributed by atoms with Gasteiger partial charge in [-0.25, -0.2) is 8.78 Å². The first-order valence-corrected chi connectivity index (χ1v) is 7.46. The average molecular weight is 332 g/mol.